The Bertz CT molecular complexity index is 1400. The maximum atomic E-state index is 12.8. The number of carbonyl (C=O) groups excluding carboxylic acids is 1. The molecule has 6 rings (SSSR count). The second-order valence-electron chi connectivity index (χ2n) is 10.0. The van der Waals surface area contributed by atoms with Gasteiger partial charge in [-0.2, -0.15) is 0 Å². The molecule has 2 saturated carbocycles. The maximum absolute atomic E-state index is 12.8. The molecule has 2 aliphatic carbocycles. The highest BCUT2D eigenvalue weighted by atomic mass is 32.2. The number of hydrogen-bond acceptors (Lipinski definition) is 6. The predicted molar refractivity (Wildman–Crippen MR) is 138 cm³/mol. The number of ether oxygens (including phenoxy) is 1. The number of sulfone groups is 1. The van der Waals surface area contributed by atoms with Gasteiger partial charge in [-0.05, 0) is 90.6 Å². The molecule has 186 valence electrons. The molecular weight excluding hydrogens is 474 g/mol. The van der Waals surface area contributed by atoms with Gasteiger partial charge in [-0.25, -0.2) is 13.4 Å². The Morgan fingerprint density at radius 3 is 2.28 bits per heavy atom. The summed E-state index contributed by atoms with van der Waals surface area (Å²) in [7, 11) is -3.25. The summed E-state index contributed by atoms with van der Waals surface area (Å²) in [6.45, 7) is 1.51. The van der Waals surface area contributed by atoms with E-state index in [0.29, 0.717) is 24.3 Å². The van der Waals surface area contributed by atoms with Crippen LogP contribution in [0.3, 0.4) is 0 Å². The van der Waals surface area contributed by atoms with Crippen LogP contribution in [-0.2, 0) is 16.4 Å². The summed E-state index contributed by atoms with van der Waals surface area (Å²) in [5, 5.41) is 2.86. The van der Waals surface area contributed by atoms with E-state index in [2.05, 4.69) is 33.4 Å². The molecule has 36 heavy (non-hydrogen) atoms. The number of amides is 1. The normalized spacial score (nSPS) is 17.3. The minimum atomic E-state index is -3.25. The lowest BCUT2D eigenvalue weighted by atomic mass is 10.0. The minimum Gasteiger partial charge on any atom is -0.474 e. The van der Waals surface area contributed by atoms with E-state index < -0.39 is 9.84 Å². The Balaban J connectivity index is 1.19. The summed E-state index contributed by atoms with van der Waals surface area (Å²) >= 11 is 0. The number of nitrogens with one attached hydrogen (secondary N) is 1. The molecule has 1 amide bonds. The molecule has 2 fully saturated rings. The number of aromatic nitrogens is 1. The van der Waals surface area contributed by atoms with E-state index in [9.17, 15) is 13.2 Å². The molecule has 2 aromatic carbocycles. The van der Waals surface area contributed by atoms with Gasteiger partial charge in [0.15, 0.2) is 9.84 Å². The molecular formula is C28H29N3O4S. The van der Waals surface area contributed by atoms with Crippen LogP contribution in [-0.4, -0.2) is 38.7 Å². The summed E-state index contributed by atoms with van der Waals surface area (Å²) in [4.78, 5) is 19.8. The third-order valence-electron chi connectivity index (χ3n) is 7.09. The van der Waals surface area contributed by atoms with E-state index in [1.54, 1.807) is 30.3 Å². The number of nitrogens with zero attached hydrogens (tertiary/aromatic N) is 2. The molecule has 3 aliphatic rings. The molecule has 0 spiro atoms. The van der Waals surface area contributed by atoms with Crippen molar-refractivity contribution in [2.75, 3.05) is 24.3 Å². The first-order valence-electron chi connectivity index (χ1n) is 12.5. The van der Waals surface area contributed by atoms with E-state index >= 15 is 0 Å². The Labute approximate surface area is 211 Å². The van der Waals surface area contributed by atoms with Gasteiger partial charge in [0.05, 0.1) is 11.4 Å². The molecule has 1 N–H and O–H groups in total. The zero-order chi connectivity index (χ0) is 24.9. The molecule has 2 heterocycles. The number of carbonyl (C=O) groups is 1. The van der Waals surface area contributed by atoms with Crippen molar-refractivity contribution in [2.24, 2.45) is 0 Å². The van der Waals surface area contributed by atoms with Crippen LogP contribution >= 0.6 is 0 Å². The van der Waals surface area contributed by atoms with Gasteiger partial charge in [-0.1, -0.05) is 18.2 Å². The Hall–Kier alpha value is -3.39. The van der Waals surface area contributed by atoms with Crippen molar-refractivity contribution in [3.8, 4) is 5.88 Å². The summed E-state index contributed by atoms with van der Waals surface area (Å²) in [5.74, 6) is 1.54. The van der Waals surface area contributed by atoms with E-state index in [1.165, 1.54) is 48.8 Å². The van der Waals surface area contributed by atoms with Gasteiger partial charge in [0.25, 0.3) is 5.91 Å². The van der Waals surface area contributed by atoms with Gasteiger partial charge < -0.3 is 15.0 Å². The van der Waals surface area contributed by atoms with Crippen LogP contribution in [0, 0.1) is 0 Å². The first kappa shape index (κ1) is 23.0. The van der Waals surface area contributed by atoms with Crippen LogP contribution in [0.1, 0.15) is 64.7 Å². The average Bonchev–Trinajstić information content (AvgIpc) is 3.78. The Morgan fingerprint density at radius 1 is 1.00 bits per heavy atom. The van der Waals surface area contributed by atoms with Crippen molar-refractivity contribution < 1.29 is 17.9 Å². The fraction of sp³-hybridized carbons (Fsp3) is 0.357. The zero-order valence-electron chi connectivity index (χ0n) is 20.2. The van der Waals surface area contributed by atoms with Crippen LogP contribution in [0.15, 0.2) is 59.5 Å². The second kappa shape index (κ2) is 8.92. The summed E-state index contributed by atoms with van der Waals surface area (Å²) < 4.78 is 29.1. The summed E-state index contributed by atoms with van der Waals surface area (Å²) in [6.07, 6.45) is 6.26. The predicted octanol–water partition coefficient (Wildman–Crippen LogP) is 4.70. The number of pyridine rings is 1. The Kier molecular flexibility index (Phi) is 5.71. The first-order valence-corrected chi connectivity index (χ1v) is 14.4. The molecule has 0 unspecified atom stereocenters. The third-order valence-corrected chi connectivity index (χ3v) is 8.22. The van der Waals surface area contributed by atoms with E-state index in [-0.39, 0.29) is 23.0 Å². The Morgan fingerprint density at radius 2 is 1.67 bits per heavy atom. The molecule has 0 bridgehead atoms. The van der Waals surface area contributed by atoms with Gasteiger partial charge in [0, 0.05) is 18.5 Å². The molecule has 7 nitrogen and oxygen atoms in total. The largest absolute Gasteiger partial charge is 0.474 e. The lowest BCUT2D eigenvalue weighted by Gasteiger charge is -2.31. The average molecular weight is 504 g/mol. The van der Waals surface area contributed by atoms with Crippen molar-refractivity contribution in [3.63, 3.8) is 0 Å². The van der Waals surface area contributed by atoms with Crippen LogP contribution in [0.5, 0.6) is 5.88 Å². The van der Waals surface area contributed by atoms with Crippen LogP contribution < -0.4 is 15.0 Å². The fourth-order valence-corrected chi connectivity index (χ4v) is 5.37. The molecule has 8 heteroatoms. The molecule has 0 atom stereocenters. The SMILES string of the molecule is CS(=O)(=O)c1ccc(CNC(=O)c2ccc3c(n2)OCCN3c2cc(C3CC3)cc(C3CC3)c2)cc1. The molecule has 0 radical (unpaired) electrons. The second-order valence-corrected chi connectivity index (χ2v) is 12.0. The molecule has 1 aliphatic heterocycles. The van der Waals surface area contributed by atoms with Gasteiger partial charge in [-0.15, -0.1) is 0 Å². The summed E-state index contributed by atoms with van der Waals surface area (Å²) in [6, 6.07) is 17.2. The standard InChI is InChI=1S/C28H29N3O4S/c1-36(33,34)24-8-2-18(3-9-24)17-29-27(32)25-10-11-26-28(30-25)35-13-12-31(26)23-15-21(19-4-5-19)14-22(16-23)20-6-7-20/h2-3,8-11,14-16,19-20H,4-7,12-13,17H2,1H3,(H,29,32). The maximum Gasteiger partial charge on any atom is 0.270 e. The van der Waals surface area contributed by atoms with Gasteiger partial charge in [-0.3, -0.25) is 4.79 Å². The van der Waals surface area contributed by atoms with Gasteiger partial charge in [0.2, 0.25) is 5.88 Å². The van der Waals surface area contributed by atoms with E-state index in [1.807, 2.05) is 6.07 Å². The lowest BCUT2D eigenvalue weighted by Crippen LogP contribution is -2.30. The highest BCUT2D eigenvalue weighted by Gasteiger charge is 2.30. The third kappa shape index (κ3) is 4.82. The fourth-order valence-electron chi connectivity index (χ4n) is 4.74. The zero-order valence-corrected chi connectivity index (χ0v) is 21.1. The number of hydrogen-bond donors (Lipinski definition) is 1. The van der Waals surface area contributed by atoms with Crippen molar-refractivity contribution in [3.05, 3.63) is 77.0 Å². The van der Waals surface area contributed by atoms with Gasteiger partial charge >= 0.3 is 0 Å². The van der Waals surface area contributed by atoms with Crippen molar-refractivity contribution in [2.45, 2.75) is 49.0 Å². The van der Waals surface area contributed by atoms with E-state index in [4.69, 9.17) is 4.74 Å². The van der Waals surface area contributed by atoms with Crippen molar-refractivity contribution in [1.29, 1.82) is 0 Å². The lowest BCUT2D eigenvalue weighted by molar-refractivity contribution is 0.0944. The summed E-state index contributed by atoms with van der Waals surface area (Å²) in [5.41, 5.74) is 6.03. The smallest absolute Gasteiger partial charge is 0.270 e. The van der Waals surface area contributed by atoms with Crippen LogP contribution in [0.25, 0.3) is 0 Å². The number of benzene rings is 2. The van der Waals surface area contributed by atoms with Gasteiger partial charge in [0.1, 0.15) is 18.0 Å². The highest BCUT2D eigenvalue weighted by Crippen LogP contribution is 2.47. The van der Waals surface area contributed by atoms with Crippen molar-refractivity contribution in [1.82, 2.24) is 10.3 Å². The number of anilines is 2. The molecule has 0 saturated heterocycles. The molecule has 3 aromatic rings. The minimum absolute atomic E-state index is 0.252. The first-order chi connectivity index (χ1) is 17.3. The molecule has 1 aromatic heterocycles. The van der Waals surface area contributed by atoms with Crippen molar-refractivity contribution >= 4 is 27.1 Å². The van der Waals surface area contributed by atoms with E-state index in [0.717, 1.165) is 17.8 Å². The van der Waals surface area contributed by atoms with Crippen LogP contribution in [0.4, 0.5) is 11.4 Å². The van der Waals surface area contributed by atoms with Crippen LogP contribution in [0.2, 0.25) is 0 Å². The topological polar surface area (TPSA) is 88.6 Å². The quantitative estimate of drug-likeness (QED) is 0.503. The monoisotopic (exact) mass is 503 g/mol. The number of rotatable bonds is 7. The highest BCUT2D eigenvalue weighted by molar-refractivity contribution is 7.90. The number of fused-ring (bicyclic) bond motifs is 1.